The minimum atomic E-state index is 0.111. The lowest BCUT2D eigenvalue weighted by atomic mass is 9.78. The molecular formula is C19H22ClNO3. The Bertz CT molecular complexity index is 671. The number of carbonyl (C=O) groups excluding carboxylic acids is 1. The van der Waals surface area contributed by atoms with Gasteiger partial charge in [-0.1, -0.05) is 24.4 Å². The minimum Gasteiger partial charge on any atom is -0.454 e. The Hall–Kier alpha value is -1.68. The summed E-state index contributed by atoms with van der Waals surface area (Å²) in [4.78, 5) is 14.8. The van der Waals surface area contributed by atoms with E-state index < -0.39 is 0 Å². The Labute approximate surface area is 147 Å². The highest BCUT2D eigenvalue weighted by atomic mass is 35.5. The zero-order valence-corrected chi connectivity index (χ0v) is 14.4. The van der Waals surface area contributed by atoms with Crippen LogP contribution in [0.5, 0.6) is 11.5 Å². The number of nitrogens with zero attached hydrogens (tertiary/aromatic N) is 1. The molecule has 1 saturated carbocycles. The molecule has 2 aliphatic heterocycles. The molecule has 24 heavy (non-hydrogen) atoms. The molecule has 0 bridgehead atoms. The third-order valence-corrected chi connectivity index (χ3v) is 5.67. The van der Waals surface area contributed by atoms with Crippen molar-refractivity contribution in [1.29, 1.82) is 0 Å². The number of carbonyl (C=O) groups is 1. The fourth-order valence-electron chi connectivity index (χ4n) is 4.25. The van der Waals surface area contributed by atoms with Crippen molar-refractivity contribution in [3.8, 4) is 11.5 Å². The Morgan fingerprint density at radius 2 is 2.00 bits per heavy atom. The van der Waals surface area contributed by atoms with Gasteiger partial charge in [-0.25, -0.2) is 0 Å². The predicted molar refractivity (Wildman–Crippen MR) is 93.3 cm³/mol. The van der Waals surface area contributed by atoms with Crippen molar-refractivity contribution in [2.24, 2.45) is 5.92 Å². The van der Waals surface area contributed by atoms with Gasteiger partial charge >= 0.3 is 0 Å². The average Bonchev–Trinajstić information content (AvgIpc) is 3.08. The van der Waals surface area contributed by atoms with Gasteiger partial charge in [-0.3, -0.25) is 4.79 Å². The molecular weight excluding hydrogens is 326 g/mol. The maximum absolute atomic E-state index is 12.7. The van der Waals surface area contributed by atoms with Gasteiger partial charge in [0, 0.05) is 18.7 Å². The standard InChI is InChI=1S/C19H22ClNO3/c20-15-10-13(11-17-19(15)24-12-23-17)7-8-18(22)21-9-3-5-14-4-1-2-6-16(14)21/h7-8,10-11,14,16H,1-6,9,12H2/b8-7+. The van der Waals surface area contributed by atoms with E-state index in [0.717, 1.165) is 24.9 Å². The van der Waals surface area contributed by atoms with Crippen LogP contribution in [0.2, 0.25) is 5.02 Å². The van der Waals surface area contributed by atoms with Crippen LogP contribution in [0.15, 0.2) is 18.2 Å². The lowest BCUT2D eigenvalue weighted by Gasteiger charge is -2.43. The van der Waals surface area contributed by atoms with Crippen molar-refractivity contribution in [3.05, 3.63) is 28.8 Å². The second kappa shape index (κ2) is 6.67. The van der Waals surface area contributed by atoms with Gasteiger partial charge in [-0.05, 0) is 55.4 Å². The van der Waals surface area contributed by atoms with E-state index in [1.807, 2.05) is 12.1 Å². The summed E-state index contributed by atoms with van der Waals surface area (Å²) in [5.74, 6) is 2.03. The Balaban J connectivity index is 1.49. The highest BCUT2D eigenvalue weighted by molar-refractivity contribution is 6.32. The predicted octanol–water partition coefficient (Wildman–Crippen LogP) is 4.26. The van der Waals surface area contributed by atoms with E-state index in [1.165, 1.54) is 25.7 Å². The maximum atomic E-state index is 12.7. The van der Waals surface area contributed by atoms with E-state index >= 15 is 0 Å². The van der Waals surface area contributed by atoms with Gasteiger partial charge in [-0.2, -0.15) is 0 Å². The molecule has 2 fully saturated rings. The summed E-state index contributed by atoms with van der Waals surface area (Å²) in [6.07, 6.45) is 10.9. The van der Waals surface area contributed by atoms with Crippen LogP contribution in [0.4, 0.5) is 0 Å². The summed E-state index contributed by atoms with van der Waals surface area (Å²) in [5.41, 5.74) is 0.856. The molecule has 0 spiro atoms. The second-order valence-electron chi connectivity index (χ2n) is 6.86. The molecule has 4 nitrogen and oxygen atoms in total. The van der Waals surface area contributed by atoms with Crippen molar-refractivity contribution in [1.82, 2.24) is 4.90 Å². The van der Waals surface area contributed by atoms with Gasteiger partial charge in [0.2, 0.25) is 12.7 Å². The van der Waals surface area contributed by atoms with Gasteiger partial charge in [-0.15, -0.1) is 0 Å². The molecule has 2 heterocycles. The SMILES string of the molecule is O=C(/C=C/c1cc(Cl)c2c(c1)OCO2)N1CCCC2CCCCC21. The van der Waals surface area contributed by atoms with Gasteiger partial charge in [0.25, 0.3) is 0 Å². The molecule has 3 aliphatic rings. The molecule has 2 atom stereocenters. The molecule has 0 N–H and O–H groups in total. The van der Waals surface area contributed by atoms with Gasteiger partial charge in [0.15, 0.2) is 11.5 Å². The largest absolute Gasteiger partial charge is 0.454 e. The van der Waals surface area contributed by atoms with Crippen LogP contribution in [-0.4, -0.2) is 30.2 Å². The normalized spacial score (nSPS) is 25.8. The highest BCUT2D eigenvalue weighted by Gasteiger charge is 2.34. The summed E-state index contributed by atoms with van der Waals surface area (Å²) < 4.78 is 10.7. The third kappa shape index (κ3) is 3.00. The first-order valence-electron chi connectivity index (χ1n) is 8.80. The van der Waals surface area contributed by atoms with E-state index in [-0.39, 0.29) is 12.7 Å². The lowest BCUT2D eigenvalue weighted by Crippen LogP contribution is -2.49. The fourth-order valence-corrected chi connectivity index (χ4v) is 4.52. The van der Waals surface area contributed by atoms with Crippen molar-refractivity contribution in [3.63, 3.8) is 0 Å². The third-order valence-electron chi connectivity index (χ3n) is 5.39. The molecule has 1 aliphatic carbocycles. The quantitative estimate of drug-likeness (QED) is 0.750. The van der Waals surface area contributed by atoms with E-state index in [2.05, 4.69) is 4.90 Å². The zero-order valence-electron chi connectivity index (χ0n) is 13.7. The first kappa shape index (κ1) is 15.8. The molecule has 5 heteroatoms. The van der Waals surface area contributed by atoms with Gasteiger partial charge in [0.05, 0.1) is 5.02 Å². The van der Waals surface area contributed by atoms with Crippen LogP contribution in [-0.2, 0) is 4.79 Å². The topological polar surface area (TPSA) is 38.8 Å². The van der Waals surface area contributed by atoms with E-state index in [4.69, 9.17) is 21.1 Å². The summed E-state index contributed by atoms with van der Waals surface area (Å²) in [6, 6.07) is 4.10. The van der Waals surface area contributed by atoms with Crippen LogP contribution in [0, 0.1) is 5.92 Å². The highest BCUT2D eigenvalue weighted by Crippen LogP contribution is 2.40. The van der Waals surface area contributed by atoms with Crippen LogP contribution in [0.25, 0.3) is 6.08 Å². The number of ether oxygens (including phenoxy) is 2. The summed E-state index contributed by atoms with van der Waals surface area (Å²) in [5, 5.41) is 0.516. The maximum Gasteiger partial charge on any atom is 0.246 e. The minimum absolute atomic E-state index is 0.111. The number of piperidine rings is 1. The fraction of sp³-hybridized carbons (Fsp3) is 0.526. The number of hydrogen-bond donors (Lipinski definition) is 0. The van der Waals surface area contributed by atoms with Crippen LogP contribution >= 0.6 is 11.6 Å². The molecule has 2 unspecified atom stereocenters. The number of fused-ring (bicyclic) bond motifs is 2. The monoisotopic (exact) mass is 347 g/mol. The van der Waals surface area contributed by atoms with Crippen LogP contribution in [0.3, 0.4) is 0 Å². The van der Waals surface area contributed by atoms with Gasteiger partial charge < -0.3 is 14.4 Å². The summed E-state index contributed by atoms with van der Waals surface area (Å²) in [7, 11) is 0. The molecule has 1 aromatic carbocycles. The lowest BCUT2D eigenvalue weighted by molar-refractivity contribution is -0.132. The van der Waals surface area contributed by atoms with Crippen molar-refractivity contribution >= 4 is 23.6 Å². The van der Waals surface area contributed by atoms with Gasteiger partial charge in [0.1, 0.15) is 0 Å². The van der Waals surface area contributed by atoms with E-state index in [1.54, 1.807) is 12.1 Å². The van der Waals surface area contributed by atoms with Crippen molar-refractivity contribution < 1.29 is 14.3 Å². The molecule has 1 aromatic rings. The number of benzene rings is 1. The Morgan fingerprint density at radius 3 is 2.92 bits per heavy atom. The number of amides is 1. The molecule has 4 rings (SSSR count). The molecule has 1 saturated heterocycles. The first-order valence-corrected chi connectivity index (χ1v) is 9.18. The Morgan fingerprint density at radius 1 is 1.17 bits per heavy atom. The number of hydrogen-bond acceptors (Lipinski definition) is 3. The van der Waals surface area contributed by atoms with Crippen molar-refractivity contribution in [2.45, 2.75) is 44.6 Å². The smallest absolute Gasteiger partial charge is 0.246 e. The first-order chi connectivity index (χ1) is 11.7. The van der Waals surface area contributed by atoms with E-state index in [9.17, 15) is 4.79 Å². The molecule has 1 amide bonds. The Kier molecular flexibility index (Phi) is 4.40. The van der Waals surface area contributed by atoms with E-state index in [0.29, 0.717) is 28.5 Å². The number of halogens is 1. The van der Waals surface area contributed by atoms with Crippen molar-refractivity contribution in [2.75, 3.05) is 13.3 Å². The molecule has 0 aromatic heterocycles. The summed E-state index contributed by atoms with van der Waals surface area (Å²) in [6.45, 7) is 1.07. The molecule has 0 radical (unpaired) electrons. The number of likely N-dealkylation sites (tertiary alicyclic amines) is 1. The second-order valence-corrected chi connectivity index (χ2v) is 7.26. The molecule has 128 valence electrons. The van der Waals surface area contributed by atoms with Crippen LogP contribution in [0.1, 0.15) is 44.1 Å². The zero-order chi connectivity index (χ0) is 16.5. The van der Waals surface area contributed by atoms with Crippen LogP contribution < -0.4 is 9.47 Å². The average molecular weight is 348 g/mol. The number of rotatable bonds is 2. The summed E-state index contributed by atoms with van der Waals surface area (Å²) >= 11 is 6.20.